The van der Waals surface area contributed by atoms with Crippen LogP contribution in [0.15, 0.2) is 83.7 Å². The predicted octanol–water partition coefficient (Wildman–Crippen LogP) is 14.1. The normalized spacial score (nSPS) is 17.0. The van der Waals surface area contributed by atoms with Crippen LogP contribution >= 0.6 is 0 Å². The number of carbonyl (C=O) groups excluding carboxylic acids is 1. The lowest BCUT2D eigenvalue weighted by Gasteiger charge is -2.35. The molecule has 2 aliphatic rings. The molecular weight excluding hydrogens is 976 g/mol. The summed E-state index contributed by atoms with van der Waals surface area (Å²) in [6, 6.07) is 19.9. The Bertz CT molecular complexity index is 2690. The van der Waals surface area contributed by atoms with Gasteiger partial charge in [-0.25, -0.2) is 4.79 Å². The van der Waals surface area contributed by atoms with Crippen LogP contribution in [0.2, 0.25) is 0 Å². The molecule has 22 heteroatoms. The third-order valence-corrected chi connectivity index (χ3v) is 12.8. The van der Waals surface area contributed by atoms with Crippen molar-refractivity contribution in [1.29, 1.82) is 0 Å². The fourth-order valence-electron chi connectivity index (χ4n) is 8.77. The number of alkyl halides is 14. The second-order valence-electron chi connectivity index (χ2n) is 19.8. The molecule has 0 fully saturated rings. The van der Waals surface area contributed by atoms with Crippen LogP contribution in [-0.4, -0.2) is 76.9 Å². The van der Waals surface area contributed by atoms with Crippen molar-refractivity contribution in [2.75, 3.05) is 13.2 Å². The molecule has 6 rings (SSSR count). The van der Waals surface area contributed by atoms with Crippen molar-refractivity contribution in [3.8, 4) is 22.3 Å². The molecule has 0 spiro atoms. The molecule has 386 valence electrons. The highest BCUT2D eigenvalue weighted by Gasteiger charge is 2.74. The van der Waals surface area contributed by atoms with Crippen molar-refractivity contribution in [1.82, 2.24) is 9.29 Å². The Labute approximate surface area is 399 Å². The Morgan fingerprint density at radius 2 is 1.06 bits per heavy atom. The minimum Gasteiger partial charge on any atom is -0.456 e. The number of aliphatic hydroxyl groups is 1. The topological polar surface area (TPSA) is 63.9 Å². The van der Waals surface area contributed by atoms with E-state index in [2.05, 4.69) is 9.47 Å². The standard InChI is InChI=1S/C49H48BF15N2O4/c1-24-35(40(68)70-22-44(51,52)46(55,56)48(59,60)61)26(3)66-38(24)37(39-25(2)36(27(4)67(39)50(66)65)41(69)71-23-45(53,54)47(57,58)49(62,63)64)32-20-30(28-11-15-33(16-12-28)42(5,6)7)19-31(21-32)29-13-17-34(18-14-29)43(8,9)10/h11-21,24,41,69H,22-23H2,1-10H3. The number of carbonyl (C=O) groups is 1. The number of fused-ring (bicyclic) bond motifs is 2. The Kier molecular flexibility index (Phi) is 13.9. The second kappa shape index (κ2) is 18.0. The maximum Gasteiger partial charge on any atom is 0.596 e. The molecule has 2 atom stereocenters. The summed E-state index contributed by atoms with van der Waals surface area (Å²) < 4.78 is 219. The fourth-order valence-corrected chi connectivity index (χ4v) is 8.77. The van der Waals surface area contributed by atoms with Gasteiger partial charge in [-0.1, -0.05) is 97.0 Å². The molecule has 0 amide bonds. The van der Waals surface area contributed by atoms with Crippen LogP contribution in [-0.2, 0) is 25.1 Å². The first-order chi connectivity index (χ1) is 32.2. The van der Waals surface area contributed by atoms with Crippen LogP contribution in [0.4, 0.5) is 65.8 Å². The van der Waals surface area contributed by atoms with Crippen LogP contribution in [0.5, 0.6) is 0 Å². The number of hydrogen-bond acceptors (Lipinski definition) is 5. The molecule has 0 radical (unpaired) electrons. The zero-order valence-corrected chi connectivity index (χ0v) is 39.7. The summed E-state index contributed by atoms with van der Waals surface area (Å²) in [5, 5.41) is 11.2. The van der Waals surface area contributed by atoms with Gasteiger partial charge in [0.2, 0.25) is 0 Å². The van der Waals surface area contributed by atoms with Gasteiger partial charge in [-0.15, -0.1) is 0 Å². The number of ether oxygens (including phenoxy) is 2. The van der Waals surface area contributed by atoms with E-state index in [1.54, 1.807) is 12.1 Å². The Balaban J connectivity index is 1.61. The average Bonchev–Trinajstić information content (AvgIpc) is 3.67. The molecule has 0 saturated carbocycles. The van der Waals surface area contributed by atoms with Gasteiger partial charge in [-0.3, -0.25) is 4.32 Å². The molecule has 1 aromatic heterocycles. The number of aromatic nitrogens is 1. The lowest BCUT2D eigenvalue weighted by molar-refractivity contribution is -0.366. The minimum atomic E-state index is -6.76. The van der Waals surface area contributed by atoms with E-state index in [9.17, 15) is 71.4 Å². The number of halogens is 15. The smallest absolute Gasteiger partial charge is 0.456 e. The van der Waals surface area contributed by atoms with E-state index >= 15 is 4.32 Å². The van der Waals surface area contributed by atoms with E-state index in [0.29, 0.717) is 22.3 Å². The second-order valence-corrected chi connectivity index (χ2v) is 19.8. The number of hydrogen-bond donors (Lipinski definition) is 1. The Morgan fingerprint density at radius 3 is 1.46 bits per heavy atom. The summed E-state index contributed by atoms with van der Waals surface area (Å²) in [7, 11) is -2.55. The maximum absolute atomic E-state index is 17.5. The lowest BCUT2D eigenvalue weighted by Crippen LogP contribution is -2.54. The Hall–Kier alpha value is -5.38. The summed E-state index contributed by atoms with van der Waals surface area (Å²) in [5.41, 5.74) is 1.22. The molecule has 1 N–H and O–H groups in total. The van der Waals surface area contributed by atoms with Gasteiger partial charge in [0.05, 0.1) is 5.57 Å². The van der Waals surface area contributed by atoms with Crippen molar-refractivity contribution in [3.05, 3.63) is 123 Å². The lowest BCUT2D eigenvalue weighted by atomic mass is 9.82. The van der Waals surface area contributed by atoms with E-state index in [4.69, 9.17) is 0 Å². The van der Waals surface area contributed by atoms with Crippen molar-refractivity contribution in [2.24, 2.45) is 5.92 Å². The fraction of sp³-hybridized carbons (Fsp3) is 0.449. The number of esters is 1. The van der Waals surface area contributed by atoms with Gasteiger partial charge in [-0.2, -0.15) is 61.5 Å². The number of benzene rings is 3. The van der Waals surface area contributed by atoms with Gasteiger partial charge in [0.15, 0.2) is 12.9 Å². The zero-order chi connectivity index (χ0) is 53.7. The monoisotopic (exact) mass is 1020 g/mol. The van der Waals surface area contributed by atoms with Gasteiger partial charge in [0.1, 0.15) is 6.61 Å². The predicted molar refractivity (Wildman–Crippen MR) is 234 cm³/mol. The van der Waals surface area contributed by atoms with Crippen molar-refractivity contribution < 1.29 is 85.2 Å². The molecule has 6 nitrogen and oxygen atoms in total. The molecule has 2 unspecified atom stereocenters. The Morgan fingerprint density at radius 1 is 0.648 bits per heavy atom. The molecule has 0 bridgehead atoms. The number of aliphatic hydroxyl groups excluding tert-OH is 1. The van der Waals surface area contributed by atoms with Gasteiger partial charge in [0, 0.05) is 39.8 Å². The average molecular weight is 1020 g/mol. The third kappa shape index (κ3) is 9.58. The first kappa shape index (κ1) is 54.9. The summed E-state index contributed by atoms with van der Waals surface area (Å²) >= 11 is 0. The SMILES string of the molecule is CC1=C(C(=O)OCC(F)(F)C(F)(F)C(F)(F)F)C(C)C2=C(c3cc(-c4ccc(C(C)(C)C)cc4)cc(-c4ccc(C(C)(C)C)cc4)c3)c3c(C)c(C(O)OCC(F)(F)C(F)(F)C(F)(F)F)c(C)n3B(F)N12. The van der Waals surface area contributed by atoms with Gasteiger partial charge in [0.25, 0.3) is 0 Å². The largest absolute Gasteiger partial charge is 0.596 e. The minimum absolute atomic E-state index is 0.0313. The summed E-state index contributed by atoms with van der Waals surface area (Å²) in [4.78, 5) is 14.5. The van der Waals surface area contributed by atoms with E-state index in [1.807, 2.05) is 96.1 Å². The van der Waals surface area contributed by atoms with Gasteiger partial charge in [-0.05, 0) is 94.3 Å². The van der Waals surface area contributed by atoms with Crippen molar-refractivity contribution in [2.45, 2.75) is 122 Å². The highest BCUT2D eigenvalue weighted by atomic mass is 19.4. The van der Waals surface area contributed by atoms with Crippen LogP contribution in [0.3, 0.4) is 0 Å². The third-order valence-electron chi connectivity index (χ3n) is 12.8. The highest BCUT2D eigenvalue weighted by Crippen LogP contribution is 2.53. The molecule has 71 heavy (non-hydrogen) atoms. The van der Waals surface area contributed by atoms with Crippen LogP contribution in [0, 0.1) is 19.8 Å². The molecule has 3 heterocycles. The van der Waals surface area contributed by atoms with E-state index in [-0.39, 0.29) is 44.6 Å². The van der Waals surface area contributed by atoms with Gasteiger partial charge >= 0.3 is 49.3 Å². The van der Waals surface area contributed by atoms with Crippen molar-refractivity contribution >= 4 is 18.8 Å². The van der Waals surface area contributed by atoms with Crippen molar-refractivity contribution in [3.63, 3.8) is 0 Å². The van der Waals surface area contributed by atoms with E-state index in [1.165, 1.54) is 13.8 Å². The van der Waals surface area contributed by atoms with E-state index < -0.39 is 91.5 Å². The zero-order valence-electron chi connectivity index (χ0n) is 39.7. The molecular formula is C49H48BF15N2O4. The quantitative estimate of drug-likeness (QED) is 0.0663. The highest BCUT2D eigenvalue weighted by molar-refractivity contribution is 6.49. The molecule has 0 aliphatic carbocycles. The molecule has 4 aromatic rings. The summed E-state index contributed by atoms with van der Waals surface area (Å²) in [6.07, 6.45) is -16.2. The summed E-state index contributed by atoms with van der Waals surface area (Å²) in [5.74, 6) is -28.5. The van der Waals surface area contributed by atoms with Crippen LogP contribution in [0.25, 0.3) is 27.8 Å². The molecule has 0 saturated heterocycles. The maximum atomic E-state index is 17.5. The van der Waals surface area contributed by atoms with Crippen LogP contribution < -0.4 is 0 Å². The van der Waals surface area contributed by atoms with E-state index in [0.717, 1.165) is 34.3 Å². The van der Waals surface area contributed by atoms with Crippen LogP contribution in [0.1, 0.15) is 101 Å². The summed E-state index contributed by atoms with van der Waals surface area (Å²) in [6.45, 7) is 11.2. The molecule has 3 aromatic carbocycles. The van der Waals surface area contributed by atoms with Gasteiger partial charge < -0.3 is 23.9 Å². The molecule has 2 aliphatic heterocycles. The first-order valence-electron chi connectivity index (χ1n) is 21.8. The number of nitrogens with zero attached hydrogens (tertiary/aromatic N) is 2. The number of allylic oxidation sites excluding steroid dienone is 2. The number of rotatable bonds is 12. The first-order valence-corrected chi connectivity index (χ1v) is 21.8.